The Kier molecular flexibility index (Phi) is 4.77. The van der Waals surface area contributed by atoms with Crippen LogP contribution < -0.4 is 24.6 Å². The zero-order chi connectivity index (χ0) is 16.5. The van der Waals surface area contributed by atoms with E-state index in [2.05, 4.69) is 0 Å². The van der Waals surface area contributed by atoms with Gasteiger partial charge in [-0.3, -0.25) is 0 Å². The van der Waals surface area contributed by atoms with Gasteiger partial charge in [0.25, 0.3) is 0 Å². The van der Waals surface area contributed by atoms with Crippen molar-refractivity contribution in [3.8, 4) is 17.2 Å². The van der Waals surface area contributed by atoms with Gasteiger partial charge < -0.3 is 29.4 Å². The second-order valence-electron chi connectivity index (χ2n) is 5.59. The fourth-order valence-electron chi connectivity index (χ4n) is 2.65. The van der Waals surface area contributed by atoms with E-state index in [9.17, 15) is 9.90 Å². The summed E-state index contributed by atoms with van der Waals surface area (Å²) < 4.78 is 15.6. The highest BCUT2D eigenvalue weighted by atomic mass is 32.2. The summed E-state index contributed by atoms with van der Waals surface area (Å²) in [5, 5.41) is 13.0. The molecule has 1 fully saturated rings. The van der Waals surface area contributed by atoms with Gasteiger partial charge >= 0.3 is 0 Å². The number of carbonyl (C=O) groups excluding carboxylic acids is 1. The molecule has 122 valence electrons. The monoisotopic (exact) mass is 327 g/mol. The number of hydrogen-bond acceptors (Lipinski definition) is 6. The van der Waals surface area contributed by atoms with Crippen molar-refractivity contribution < 1.29 is 29.4 Å². The molecule has 0 bridgehead atoms. The first-order valence-corrected chi connectivity index (χ1v) is 7.75. The zero-order valence-electron chi connectivity index (χ0n) is 13.3. The molecule has 0 amide bonds. The van der Waals surface area contributed by atoms with Gasteiger partial charge in [0.05, 0.1) is 26.1 Å². The number of carboxylic acid groups (broad SMARTS) is 1. The molecule has 0 radical (unpaired) electrons. The van der Waals surface area contributed by atoms with E-state index in [1.54, 1.807) is 38.4 Å². The third-order valence-electron chi connectivity index (χ3n) is 3.82. The summed E-state index contributed by atoms with van der Waals surface area (Å²) in [7, 11) is 4.66. The van der Waals surface area contributed by atoms with Gasteiger partial charge in [0, 0.05) is 5.56 Å². The van der Waals surface area contributed by atoms with E-state index in [0.29, 0.717) is 17.2 Å². The topological polar surface area (TPSA) is 84.4 Å². The van der Waals surface area contributed by atoms with Gasteiger partial charge in [0.15, 0.2) is 16.9 Å². The quantitative estimate of drug-likeness (QED) is 0.814. The molecule has 2 atom stereocenters. The van der Waals surface area contributed by atoms with Gasteiger partial charge in [-0.25, -0.2) is 0 Å². The van der Waals surface area contributed by atoms with Crippen molar-refractivity contribution in [1.82, 2.24) is 0 Å². The van der Waals surface area contributed by atoms with Crippen LogP contribution in [0.25, 0.3) is 0 Å². The van der Waals surface area contributed by atoms with E-state index in [1.807, 2.05) is 26.0 Å². The molecule has 0 saturated carbocycles. The van der Waals surface area contributed by atoms with Crippen LogP contribution in [0.4, 0.5) is 0 Å². The molecule has 1 saturated heterocycles. The Labute approximate surface area is 134 Å². The lowest BCUT2D eigenvalue weighted by Crippen LogP contribution is -2.92. The number of thioether (sulfide) groups is 1. The summed E-state index contributed by atoms with van der Waals surface area (Å²) in [5.41, 5.74) is 0.913. The minimum absolute atomic E-state index is 0.0772. The molecule has 2 rings (SSSR count). The predicted octanol–water partition coefficient (Wildman–Crippen LogP) is -0.0817. The number of rotatable bonds is 5. The predicted molar refractivity (Wildman–Crippen MR) is 81.2 cm³/mol. The molecular formula is C15H21NO5S. The van der Waals surface area contributed by atoms with Crippen molar-refractivity contribution in [1.29, 1.82) is 0 Å². The van der Waals surface area contributed by atoms with Crippen molar-refractivity contribution in [2.45, 2.75) is 30.0 Å². The highest BCUT2D eigenvalue weighted by Gasteiger charge is 2.46. The smallest absolute Gasteiger partial charge is 0.203 e. The lowest BCUT2D eigenvalue weighted by Gasteiger charge is -2.21. The average Bonchev–Trinajstić information content (AvgIpc) is 2.81. The summed E-state index contributed by atoms with van der Waals surface area (Å²) in [6, 6.07) is 3.09. The van der Waals surface area contributed by atoms with E-state index in [0.717, 1.165) is 5.56 Å². The molecule has 1 heterocycles. The number of benzene rings is 1. The number of nitrogens with two attached hydrogens (primary N) is 1. The van der Waals surface area contributed by atoms with Crippen LogP contribution in [-0.2, 0) is 4.79 Å². The minimum Gasteiger partial charge on any atom is -0.544 e. The Morgan fingerprint density at radius 1 is 1.18 bits per heavy atom. The molecule has 2 N–H and O–H groups in total. The van der Waals surface area contributed by atoms with E-state index < -0.39 is 16.8 Å². The van der Waals surface area contributed by atoms with Crippen molar-refractivity contribution in [3.63, 3.8) is 0 Å². The molecule has 1 aromatic rings. The summed E-state index contributed by atoms with van der Waals surface area (Å²) in [6.45, 7) is 3.82. The number of quaternary nitrogens is 1. The van der Waals surface area contributed by atoms with E-state index >= 15 is 0 Å². The molecule has 0 unspecified atom stereocenters. The number of carboxylic acids is 1. The van der Waals surface area contributed by atoms with Gasteiger partial charge in [-0.05, 0) is 26.0 Å². The van der Waals surface area contributed by atoms with E-state index in [4.69, 9.17) is 14.2 Å². The molecule has 1 aliphatic heterocycles. The largest absolute Gasteiger partial charge is 0.544 e. The van der Waals surface area contributed by atoms with Crippen LogP contribution in [0, 0.1) is 0 Å². The van der Waals surface area contributed by atoms with Gasteiger partial charge in [-0.2, -0.15) is 0 Å². The van der Waals surface area contributed by atoms with Crippen molar-refractivity contribution in [2.75, 3.05) is 21.3 Å². The van der Waals surface area contributed by atoms with E-state index in [-0.39, 0.29) is 5.37 Å². The molecule has 1 aromatic carbocycles. The number of ether oxygens (including phenoxy) is 3. The van der Waals surface area contributed by atoms with Crippen LogP contribution >= 0.6 is 11.8 Å². The van der Waals surface area contributed by atoms with Crippen LogP contribution in [-0.4, -0.2) is 38.1 Å². The number of aliphatic carboxylic acids is 1. The average molecular weight is 327 g/mol. The molecule has 22 heavy (non-hydrogen) atoms. The maximum absolute atomic E-state index is 11.3. The fourth-order valence-corrected chi connectivity index (χ4v) is 4.14. The SMILES string of the molecule is COc1cc([C@H]2[NH2+][C@@H](C(=O)[O-])C(C)(C)S2)cc(OC)c1OC. The Bertz CT molecular complexity index is 550. The highest BCUT2D eigenvalue weighted by Crippen LogP contribution is 2.45. The Hall–Kier alpha value is -1.60. The Morgan fingerprint density at radius 2 is 1.73 bits per heavy atom. The summed E-state index contributed by atoms with van der Waals surface area (Å²) in [4.78, 5) is 11.3. The maximum Gasteiger partial charge on any atom is 0.203 e. The van der Waals surface area contributed by atoms with Crippen LogP contribution in [0.5, 0.6) is 17.2 Å². The Morgan fingerprint density at radius 3 is 2.09 bits per heavy atom. The Balaban J connectivity index is 2.40. The number of hydrogen-bond donors (Lipinski definition) is 1. The van der Waals surface area contributed by atoms with Crippen LogP contribution in [0.15, 0.2) is 12.1 Å². The number of methoxy groups -OCH3 is 3. The summed E-state index contributed by atoms with van der Waals surface area (Å²) in [6.07, 6.45) is 0. The molecular weight excluding hydrogens is 306 g/mol. The summed E-state index contributed by atoms with van der Waals surface area (Å²) in [5.74, 6) is 0.584. The molecule has 7 heteroatoms. The van der Waals surface area contributed by atoms with Crippen LogP contribution in [0.1, 0.15) is 24.8 Å². The third kappa shape index (κ3) is 2.96. The second kappa shape index (κ2) is 6.26. The first-order valence-electron chi connectivity index (χ1n) is 6.87. The minimum atomic E-state index is -1.05. The first kappa shape index (κ1) is 16.8. The van der Waals surface area contributed by atoms with E-state index in [1.165, 1.54) is 0 Å². The zero-order valence-corrected chi connectivity index (χ0v) is 14.2. The van der Waals surface area contributed by atoms with Crippen molar-refractivity contribution >= 4 is 17.7 Å². The molecule has 6 nitrogen and oxygen atoms in total. The lowest BCUT2D eigenvalue weighted by atomic mass is 10.0. The molecule has 1 aliphatic rings. The fraction of sp³-hybridized carbons (Fsp3) is 0.533. The third-order valence-corrected chi connectivity index (χ3v) is 5.36. The highest BCUT2D eigenvalue weighted by molar-refractivity contribution is 8.00. The van der Waals surface area contributed by atoms with Gasteiger partial charge in [-0.1, -0.05) is 11.8 Å². The standard InChI is InChI=1S/C15H21NO5S/c1-15(2)12(14(17)18)16-13(22-15)8-6-9(19-3)11(21-5)10(7-8)20-4/h6-7,12-13,16H,1-5H3,(H,17,18)/t12-,13-/m0/s1. The van der Waals surface area contributed by atoms with Crippen molar-refractivity contribution in [3.05, 3.63) is 17.7 Å². The van der Waals surface area contributed by atoms with Crippen LogP contribution in [0.3, 0.4) is 0 Å². The lowest BCUT2D eigenvalue weighted by molar-refractivity contribution is -0.695. The molecule has 0 aromatic heterocycles. The first-order chi connectivity index (χ1) is 10.3. The van der Waals surface area contributed by atoms with Gasteiger partial charge in [-0.15, -0.1) is 0 Å². The van der Waals surface area contributed by atoms with Gasteiger partial charge in [0.1, 0.15) is 12.0 Å². The normalized spacial score (nSPS) is 23.1. The molecule has 0 aliphatic carbocycles. The summed E-state index contributed by atoms with van der Waals surface area (Å²) >= 11 is 1.58. The van der Waals surface area contributed by atoms with Gasteiger partial charge in [0.2, 0.25) is 5.75 Å². The second-order valence-corrected chi connectivity index (χ2v) is 7.39. The maximum atomic E-state index is 11.3. The van der Waals surface area contributed by atoms with Crippen LogP contribution in [0.2, 0.25) is 0 Å². The van der Waals surface area contributed by atoms with Crippen molar-refractivity contribution in [2.24, 2.45) is 0 Å². The number of carbonyl (C=O) groups is 1. The molecule has 0 spiro atoms.